The van der Waals surface area contributed by atoms with Crippen molar-refractivity contribution in [3.63, 3.8) is 0 Å². The quantitative estimate of drug-likeness (QED) is 0.542. The van der Waals surface area contributed by atoms with Gasteiger partial charge in [-0.05, 0) is 62.6 Å². The van der Waals surface area contributed by atoms with Crippen LogP contribution in [-0.2, 0) is 14.3 Å². The number of carbonyl (C=O) groups is 2. The van der Waals surface area contributed by atoms with E-state index < -0.39 is 24.0 Å². The molecule has 2 fully saturated rings. The van der Waals surface area contributed by atoms with Crippen LogP contribution in [0.25, 0.3) is 0 Å². The van der Waals surface area contributed by atoms with Crippen LogP contribution in [0.2, 0.25) is 0 Å². The Kier molecular flexibility index (Phi) is 9.45. The molecule has 34 heavy (non-hydrogen) atoms. The van der Waals surface area contributed by atoms with Gasteiger partial charge in [-0.3, -0.25) is 4.79 Å². The minimum absolute atomic E-state index is 0.0560. The van der Waals surface area contributed by atoms with E-state index in [1.807, 2.05) is 12.1 Å². The van der Waals surface area contributed by atoms with Crippen LogP contribution in [0.4, 0.5) is 0 Å². The van der Waals surface area contributed by atoms with E-state index in [9.17, 15) is 14.7 Å². The number of methoxy groups -OCH3 is 3. The van der Waals surface area contributed by atoms with E-state index >= 15 is 0 Å². The molecule has 0 bridgehead atoms. The molecule has 3 rings (SSSR count). The number of benzene rings is 1. The lowest BCUT2D eigenvalue weighted by Crippen LogP contribution is -2.51. The summed E-state index contributed by atoms with van der Waals surface area (Å²) in [6.07, 6.45) is 6.91. The van der Waals surface area contributed by atoms with Crippen LogP contribution in [0, 0.1) is 5.92 Å². The van der Waals surface area contributed by atoms with Gasteiger partial charge in [-0.15, -0.1) is 0 Å². The average molecular weight is 478 g/mol. The summed E-state index contributed by atoms with van der Waals surface area (Å²) in [6, 6.07) is 3.09. The van der Waals surface area contributed by atoms with Crippen LogP contribution >= 0.6 is 0 Å². The third kappa shape index (κ3) is 5.77. The lowest BCUT2D eigenvalue weighted by atomic mass is 9.75. The van der Waals surface area contributed by atoms with Gasteiger partial charge < -0.3 is 29.0 Å². The van der Waals surface area contributed by atoms with Crippen LogP contribution in [0.3, 0.4) is 0 Å². The molecule has 0 aromatic heterocycles. The summed E-state index contributed by atoms with van der Waals surface area (Å²) in [4.78, 5) is 28.8. The second kappa shape index (κ2) is 12.3. The molecule has 0 radical (unpaired) electrons. The van der Waals surface area contributed by atoms with Crippen LogP contribution in [0.1, 0.15) is 69.8 Å². The number of aliphatic hydroxyl groups is 1. The second-order valence-electron chi connectivity index (χ2n) is 9.31. The smallest absolute Gasteiger partial charge is 0.329 e. The highest BCUT2D eigenvalue weighted by atomic mass is 16.6. The summed E-state index contributed by atoms with van der Waals surface area (Å²) in [5, 5.41) is 9.31. The number of hydrogen-bond donors (Lipinski definition) is 1. The van der Waals surface area contributed by atoms with Crippen molar-refractivity contribution in [2.24, 2.45) is 5.92 Å². The van der Waals surface area contributed by atoms with Gasteiger partial charge in [0.15, 0.2) is 11.5 Å². The van der Waals surface area contributed by atoms with Gasteiger partial charge in [0.1, 0.15) is 12.1 Å². The zero-order valence-electron chi connectivity index (χ0n) is 20.9. The number of carbonyl (C=O) groups excluding carboxylic acids is 2. The Hall–Kier alpha value is -2.48. The number of nitrogens with zero attached hydrogens (tertiary/aromatic N) is 1. The topological polar surface area (TPSA) is 94.5 Å². The Morgan fingerprint density at radius 2 is 1.59 bits per heavy atom. The predicted octanol–water partition coefficient (Wildman–Crippen LogP) is 3.68. The van der Waals surface area contributed by atoms with Gasteiger partial charge in [-0.2, -0.15) is 0 Å². The molecular weight excluding hydrogens is 438 g/mol. The Morgan fingerprint density at radius 1 is 0.971 bits per heavy atom. The maximum atomic E-state index is 14.2. The van der Waals surface area contributed by atoms with Crippen molar-refractivity contribution < 1.29 is 33.6 Å². The SMILES string of the molecule is COc1cc([C@@H](C(=O)N2CCCC[C@H]2C(=O)O[C@H](C)CO)C2CCCCC2)cc(OC)c1OC. The van der Waals surface area contributed by atoms with Crippen LogP contribution in [0.5, 0.6) is 17.2 Å². The summed E-state index contributed by atoms with van der Waals surface area (Å²) in [5.41, 5.74) is 0.813. The molecule has 1 N–H and O–H groups in total. The lowest BCUT2D eigenvalue weighted by molar-refractivity contribution is -0.163. The molecule has 3 atom stereocenters. The molecule has 0 spiro atoms. The van der Waals surface area contributed by atoms with Gasteiger partial charge in [0.25, 0.3) is 0 Å². The summed E-state index contributed by atoms with van der Waals surface area (Å²) in [7, 11) is 4.69. The number of likely N-dealkylation sites (tertiary alicyclic amines) is 1. The monoisotopic (exact) mass is 477 g/mol. The van der Waals surface area contributed by atoms with Gasteiger partial charge >= 0.3 is 5.97 Å². The summed E-state index contributed by atoms with van der Waals surface area (Å²) < 4.78 is 22.0. The van der Waals surface area contributed by atoms with Crippen molar-refractivity contribution in [1.29, 1.82) is 0 Å². The molecule has 8 nitrogen and oxygen atoms in total. The highest BCUT2D eigenvalue weighted by Crippen LogP contribution is 2.45. The number of hydrogen-bond acceptors (Lipinski definition) is 7. The molecule has 1 saturated heterocycles. The summed E-state index contributed by atoms with van der Waals surface area (Å²) >= 11 is 0. The van der Waals surface area contributed by atoms with Gasteiger partial charge in [0.05, 0.1) is 33.9 Å². The fourth-order valence-corrected chi connectivity index (χ4v) is 5.30. The van der Waals surface area contributed by atoms with Gasteiger partial charge in [0.2, 0.25) is 11.7 Å². The van der Waals surface area contributed by atoms with Crippen molar-refractivity contribution in [2.45, 2.75) is 76.4 Å². The zero-order chi connectivity index (χ0) is 24.7. The first kappa shape index (κ1) is 26.1. The lowest BCUT2D eigenvalue weighted by Gasteiger charge is -2.39. The largest absolute Gasteiger partial charge is 0.493 e. The molecule has 1 amide bonds. The first-order valence-corrected chi connectivity index (χ1v) is 12.4. The molecule has 1 aliphatic heterocycles. The Labute approximate surface area is 202 Å². The standard InChI is InChI=1S/C26H39NO7/c1-17(16-28)34-26(30)20-12-8-9-13-27(20)25(29)23(18-10-6-5-7-11-18)19-14-21(31-2)24(33-4)22(15-19)32-3/h14-15,17-18,20,23,28H,5-13,16H2,1-4H3/t17-,20+,23+/m1/s1. The van der Waals surface area contributed by atoms with Crippen LogP contribution in [-0.4, -0.2) is 68.5 Å². The third-order valence-corrected chi connectivity index (χ3v) is 7.07. The van der Waals surface area contributed by atoms with E-state index in [0.717, 1.165) is 44.1 Å². The van der Waals surface area contributed by atoms with Crippen molar-refractivity contribution >= 4 is 11.9 Å². The molecule has 1 heterocycles. The zero-order valence-corrected chi connectivity index (χ0v) is 20.9. The predicted molar refractivity (Wildman–Crippen MR) is 127 cm³/mol. The number of rotatable bonds is 9. The summed E-state index contributed by atoms with van der Waals surface area (Å²) in [5.74, 6) is 0.757. The number of piperidine rings is 1. The Morgan fingerprint density at radius 3 is 2.15 bits per heavy atom. The molecule has 1 aromatic rings. The van der Waals surface area contributed by atoms with Crippen molar-refractivity contribution in [2.75, 3.05) is 34.5 Å². The van der Waals surface area contributed by atoms with E-state index in [-0.39, 0.29) is 18.4 Å². The molecule has 1 aliphatic carbocycles. The van der Waals surface area contributed by atoms with Gasteiger partial charge in [0, 0.05) is 6.54 Å². The van der Waals surface area contributed by atoms with Crippen molar-refractivity contribution in [1.82, 2.24) is 4.90 Å². The fourth-order valence-electron chi connectivity index (χ4n) is 5.30. The van der Waals surface area contributed by atoms with Crippen molar-refractivity contribution in [3.8, 4) is 17.2 Å². The van der Waals surface area contributed by atoms with E-state index in [4.69, 9.17) is 18.9 Å². The Balaban J connectivity index is 2.00. The average Bonchev–Trinajstić information content (AvgIpc) is 2.88. The Bertz CT molecular complexity index is 811. The molecule has 0 unspecified atom stereocenters. The number of ether oxygens (including phenoxy) is 4. The van der Waals surface area contributed by atoms with E-state index in [2.05, 4.69) is 0 Å². The first-order chi connectivity index (χ1) is 16.4. The highest BCUT2D eigenvalue weighted by molar-refractivity contribution is 5.89. The third-order valence-electron chi connectivity index (χ3n) is 7.07. The van der Waals surface area contributed by atoms with Crippen LogP contribution < -0.4 is 14.2 Å². The highest BCUT2D eigenvalue weighted by Gasteiger charge is 2.41. The number of aliphatic hydroxyl groups excluding tert-OH is 1. The first-order valence-electron chi connectivity index (χ1n) is 12.4. The normalized spacial score (nSPS) is 20.9. The molecule has 1 aromatic carbocycles. The molecular formula is C26H39NO7. The molecule has 8 heteroatoms. The minimum Gasteiger partial charge on any atom is -0.493 e. The maximum absolute atomic E-state index is 14.2. The molecule has 1 saturated carbocycles. The second-order valence-corrected chi connectivity index (χ2v) is 9.31. The van der Waals surface area contributed by atoms with Crippen LogP contribution in [0.15, 0.2) is 12.1 Å². The summed E-state index contributed by atoms with van der Waals surface area (Å²) in [6.45, 7) is 1.91. The van der Waals surface area contributed by atoms with E-state index in [1.54, 1.807) is 33.2 Å². The minimum atomic E-state index is -0.636. The molecule has 190 valence electrons. The van der Waals surface area contributed by atoms with E-state index in [0.29, 0.717) is 30.2 Å². The van der Waals surface area contributed by atoms with Crippen molar-refractivity contribution in [3.05, 3.63) is 17.7 Å². The molecule has 2 aliphatic rings. The maximum Gasteiger partial charge on any atom is 0.329 e. The van der Waals surface area contributed by atoms with E-state index in [1.165, 1.54) is 6.42 Å². The number of amides is 1. The number of esters is 1. The fraction of sp³-hybridized carbons (Fsp3) is 0.692. The van der Waals surface area contributed by atoms with Gasteiger partial charge in [-0.25, -0.2) is 4.79 Å². The van der Waals surface area contributed by atoms with Gasteiger partial charge in [-0.1, -0.05) is 19.3 Å².